The molecule has 0 radical (unpaired) electrons. The Hall–Kier alpha value is -5.47. The summed E-state index contributed by atoms with van der Waals surface area (Å²) < 4.78 is 43.1. The molecule has 3 heterocycles. The van der Waals surface area contributed by atoms with Crippen LogP contribution in [0.15, 0.2) is 122 Å². The molecule has 4 aromatic carbocycles. The van der Waals surface area contributed by atoms with Gasteiger partial charge < -0.3 is 38.8 Å². The van der Waals surface area contributed by atoms with Crippen LogP contribution in [0.2, 0.25) is 0 Å². The van der Waals surface area contributed by atoms with Crippen LogP contribution in [-0.4, -0.2) is 74.6 Å². The molecule has 272 valence electrons. The Kier molecular flexibility index (Phi) is 10.6. The fourth-order valence-electron chi connectivity index (χ4n) is 6.51. The molecule has 2 aromatic heterocycles. The maximum atomic E-state index is 13.0. The first-order valence-corrected chi connectivity index (χ1v) is 17.8. The molecule has 14 nitrogen and oxygen atoms in total. The number of hydrogen-bond donors (Lipinski definition) is 3. The smallest absolute Gasteiger partial charge is 0.316 e. The summed E-state index contributed by atoms with van der Waals surface area (Å²) in [7, 11) is -0.240. The first-order valence-electron chi connectivity index (χ1n) is 16.6. The Labute approximate surface area is 304 Å². The van der Waals surface area contributed by atoms with Crippen LogP contribution < -0.4 is 14.8 Å². The molecule has 15 heteroatoms. The predicted octanol–water partition coefficient (Wildman–Crippen LogP) is 5.13. The van der Waals surface area contributed by atoms with Crippen LogP contribution in [0.3, 0.4) is 0 Å². The minimum absolute atomic E-state index is 0.156. The van der Waals surface area contributed by atoms with E-state index in [0.29, 0.717) is 28.2 Å². The normalized spacial score (nSPS) is 19.2. The highest BCUT2D eigenvalue weighted by atomic mass is 31.1. The van der Waals surface area contributed by atoms with E-state index >= 15 is 0 Å². The summed E-state index contributed by atoms with van der Waals surface area (Å²) in [6.07, 6.45) is -2.11. The summed E-state index contributed by atoms with van der Waals surface area (Å²) >= 11 is 0. The fraction of sp³-hybridized carbons (Fsp3) is 0.211. The van der Waals surface area contributed by atoms with E-state index in [1.54, 1.807) is 44.6 Å². The van der Waals surface area contributed by atoms with Gasteiger partial charge in [0.1, 0.15) is 41.7 Å². The van der Waals surface area contributed by atoms with Gasteiger partial charge >= 0.3 is 8.25 Å². The molecule has 1 aliphatic rings. The number of fused-ring (bicyclic) bond motifs is 1. The van der Waals surface area contributed by atoms with Gasteiger partial charge in [-0.2, -0.15) is 0 Å². The number of aliphatic hydroxyl groups excluding tert-OH is 1. The van der Waals surface area contributed by atoms with Crippen LogP contribution in [-0.2, 0) is 24.2 Å². The molecule has 0 bridgehead atoms. The number of carbonyl (C=O) groups is 1. The zero-order valence-corrected chi connectivity index (χ0v) is 29.6. The SMILES string of the molecule is COc1ccc(C(OC2C(CO[PH](=O)O)OC(n3cnc4c(NC(=O)c5ccccc5)ncnc43)C2O)(c2ccccc2)c2ccc(OC)cc2)cc1. The molecule has 0 aliphatic carbocycles. The van der Waals surface area contributed by atoms with Crippen molar-refractivity contribution in [3.05, 3.63) is 144 Å². The van der Waals surface area contributed by atoms with E-state index in [1.807, 2.05) is 78.9 Å². The zero-order valence-electron chi connectivity index (χ0n) is 28.6. The molecule has 1 amide bonds. The maximum absolute atomic E-state index is 13.0. The van der Waals surface area contributed by atoms with E-state index in [4.69, 9.17) is 23.5 Å². The average Bonchev–Trinajstić information content (AvgIpc) is 3.77. The van der Waals surface area contributed by atoms with Crippen molar-refractivity contribution in [1.82, 2.24) is 19.5 Å². The van der Waals surface area contributed by atoms with Crippen LogP contribution in [0.4, 0.5) is 5.82 Å². The lowest BCUT2D eigenvalue weighted by molar-refractivity contribution is -0.110. The average molecular weight is 738 g/mol. The van der Waals surface area contributed by atoms with E-state index in [-0.39, 0.29) is 23.6 Å². The van der Waals surface area contributed by atoms with Gasteiger partial charge in [-0.3, -0.25) is 13.9 Å². The van der Waals surface area contributed by atoms with E-state index in [1.165, 1.54) is 17.2 Å². The van der Waals surface area contributed by atoms with Crippen LogP contribution in [0.25, 0.3) is 11.2 Å². The second-order valence-corrected chi connectivity index (χ2v) is 12.9. The predicted molar refractivity (Wildman–Crippen MR) is 194 cm³/mol. The van der Waals surface area contributed by atoms with Crippen molar-refractivity contribution >= 4 is 31.1 Å². The van der Waals surface area contributed by atoms with E-state index < -0.39 is 44.3 Å². The van der Waals surface area contributed by atoms with Crippen molar-refractivity contribution in [1.29, 1.82) is 0 Å². The van der Waals surface area contributed by atoms with Crippen molar-refractivity contribution in [2.24, 2.45) is 0 Å². The number of methoxy groups -OCH3 is 2. The topological polar surface area (TPSA) is 176 Å². The van der Waals surface area contributed by atoms with Crippen molar-refractivity contribution in [2.75, 3.05) is 26.1 Å². The summed E-state index contributed by atoms with van der Waals surface area (Å²) in [5.41, 5.74) is 1.67. The summed E-state index contributed by atoms with van der Waals surface area (Å²) in [6, 6.07) is 32.9. The van der Waals surface area contributed by atoms with Crippen LogP contribution in [0.5, 0.6) is 11.5 Å². The third-order valence-electron chi connectivity index (χ3n) is 9.07. The molecule has 1 aliphatic heterocycles. The van der Waals surface area contributed by atoms with Gasteiger partial charge in [0.2, 0.25) is 0 Å². The third-order valence-corrected chi connectivity index (χ3v) is 9.48. The number of nitrogens with zero attached hydrogens (tertiary/aromatic N) is 4. The largest absolute Gasteiger partial charge is 0.497 e. The number of anilines is 1. The molecule has 0 spiro atoms. The van der Waals surface area contributed by atoms with Crippen molar-refractivity contribution in [3.63, 3.8) is 0 Å². The minimum Gasteiger partial charge on any atom is -0.497 e. The fourth-order valence-corrected chi connectivity index (χ4v) is 6.82. The van der Waals surface area contributed by atoms with Gasteiger partial charge in [-0.1, -0.05) is 72.8 Å². The number of amides is 1. The van der Waals surface area contributed by atoms with Crippen LogP contribution in [0, 0.1) is 0 Å². The second kappa shape index (κ2) is 15.6. The van der Waals surface area contributed by atoms with Gasteiger partial charge in [0.25, 0.3) is 5.91 Å². The minimum atomic E-state index is -3.39. The highest BCUT2D eigenvalue weighted by Gasteiger charge is 2.51. The Bertz CT molecular complexity index is 2140. The first kappa shape index (κ1) is 35.9. The van der Waals surface area contributed by atoms with Crippen LogP contribution >= 0.6 is 8.25 Å². The Balaban J connectivity index is 1.32. The van der Waals surface area contributed by atoms with Crippen molar-refractivity contribution < 1.29 is 42.8 Å². The van der Waals surface area contributed by atoms with Crippen LogP contribution in [0.1, 0.15) is 33.3 Å². The maximum Gasteiger partial charge on any atom is 0.316 e. The van der Waals surface area contributed by atoms with Gasteiger partial charge in [-0.25, -0.2) is 15.0 Å². The molecule has 6 aromatic rings. The first-order chi connectivity index (χ1) is 25.8. The molecule has 5 unspecified atom stereocenters. The number of rotatable bonds is 13. The van der Waals surface area contributed by atoms with Gasteiger partial charge in [0, 0.05) is 5.56 Å². The van der Waals surface area contributed by atoms with E-state index in [0.717, 1.165) is 5.56 Å². The number of aliphatic hydroxyl groups is 1. The molecule has 0 saturated carbocycles. The second-order valence-electron chi connectivity index (χ2n) is 12.1. The van der Waals surface area contributed by atoms with Crippen molar-refractivity contribution in [2.45, 2.75) is 30.1 Å². The van der Waals surface area contributed by atoms with Crippen molar-refractivity contribution in [3.8, 4) is 11.5 Å². The number of nitrogens with one attached hydrogen (secondary N) is 1. The molecular weight excluding hydrogens is 701 g/mol. The van der Waals surface area contributed by atoms with E-state index in [9.17, 15) is 19.4 Å². The monoisotopic (exact) mass is 737 g/mol. The Morgan fingerprint density at radius 3 is 2.02 bits per heavy atom. The molecule has 1 fully saturated rings. The molecule has 1 saturated heterocycles. The number of benzene rings is 4. The summed E-state index contributed by atoms with van der Waals surface area (Å²) in [4.78, 5) is 35.8. The third kappa shape index (κ3) is 7.16. The molecule has 3 N–H and O–H groups in total. The van der Waals surface area contributed by atoms with E-state index in [2.05, 4.69) is 20.3 Å². The Morgan fingerprint density at radius 2 is 1.43 bits per heavy atom. The molecule has 7 rings (SSSR count). The Morgan fingerprint density at radius 1 is 0.849 bits per heavy atom. The number of imidazole rings is 1. The summed E-state index contributed by atoms with van der Waals surface area (Å²) in [6.45, 7) is -0.386. The standard InChI is InChI=1S/C38H36N5O9P/c1-48-28-17-13-26(14-18-28)38(25-11-7-4-8-12-25,27-15-19-29(49-2)20-16-27)52-33-30(21-50-53(46)47)51-37(32(33)44)43-23-41-31-34(39-22-40-35(31)43)42-36(45)24-9-5-3-6-10-24/h3-20,22-23,30,32-33,37,44,53H,21H2,1-2H3,(H,46,47)(H,39,40,42,45). The lowest BCUT2D eigenvalue weighted by atomic mass is 9.79. The van der Waals surface area contributed by atoms with Gasteiger partial charge in [-0.05, 0) is 53.1 Å². The quantitative estimate of drug-likeness (QED) is 0.105. The number of carbonyl (C=O) groups excluding carboxylic acids is 1. The number of hydrogen-bond acceptors (Lipinski definition) is 11. The summed E-state index contributed by atoms with van der Waals surface area (Å²) in [5.74, 6) is 1.02. The number of aromatic nitrogens is 4. The molecular formula is C38H36N5O9P. The van der Waals surface area contributed by atoms with Gasteiger partial charge in [0.15, 0.2) is 23.2 Å². The lowest BCUT2D eigenvalue weighted by Gasteiger charge is -2.39. The van der Waals surface area contributed by atoms with Gasteiger partial charge in [0.05, 0.1) is 27.2 Å². The highest BCUT2D eigenvalue weighted by Crippen LogP contribution is 2.46. The highest BCUT2D eigenvalue weighted by molar-refractivity contribution is 7.32. The van der Waals surface area contributed by atoms with Gasteiger partial charge in [-0.15, -0.1) is 0 Å². The molecule has 53 heavy (non-hydrogen) atoms. The summed E-state index contributed by atoms with van der Waals surface area (Å²) in [5, 5.41) is 15.0. The zero-order chi connectivity index (χ0) is 37.0. The molecule has 5 atom stereocenters. The number of ether oxygens (including phenoxy) is 4. The lowest BCUT2D eigenvalue weighted by Crippen LogP contribution is -2.45.